The van der Waals surface area contributed by atoms with Gasteiger partial charge < -0.3 is 23.7 Å². The molecule has 0 fully saturated rings. The number of carbonyl (C=O) groups excluding carboxylic acids is 2. The summed E-state index contributed by atoms with van der Waals surface area (Å²) in [5.41, 5.74) is 1.58. The van der Waals surface area contributed by atoms with Crippen LogP contribution in [-0.2, 0) is 16.0 Å². The van der Waals surface area contributed by atoms with Crippen molar-refractivity contribution in [3.05, 3.63) is 102 Å². The molecule has 1 heterocycles. The van der Waals surface area contributed by atoms with E-state index < -0.39 is 11.6 Å². The number of imidazole rings is 1. The van der Waals surface area contributed by atoms with Crippen molar-refractivity contribution in [1.29, 1.82) is 0 Å². The average Bonchev–Trinajstić information content (AvgIpc) is 3.48. The fourth-order valence-electron chi connectivity index (χ4n) is 4.36. The maximum absolute atomic E-state index is 13.3. The van der Waals surface area contributed by atoms with Crippen molar-refractivity contribution in [2.75, 3.05) is 26.8 Å². The molecule has 41 heavy (non-hydrogen) atoms. The van der Waals surface area contributed by atoms with E-state index in [4.69, 9.17) is 14.2 Å². The minimum absolute atomic E-state index is 0.258. The molecule has 8 heteroatoms. The highest BCUT2D eigenvalue weighted by molar-refractivity contribution is 5.89. The fourth-order valence-corrected chi connectivity index (χ4v) is 4.36. The summed E-state index contributed by atoms with van der Waals surface area (Å²) in [5, 5.41) is 2.10. The zero-order valence-electron chi connectivity index (χ0n) is 24.1. The van der Waals surface area contributed by atoms with Crippen molar-refractivity contribution >= 4 is 28.9 Å². The molecule has 0 bridgehead atoms. The van der Waals surface area contributed by atoms with Gasteiger partial charge in [0.15, 0.2) is 0 Å². The van der Waals surface area contributed by atoms with Crippen LogP contribution in [0, 0.1) is 0 Å². The summed E-state index contributed by atoms with van der Waals surface area (Å²) < 4.78 is 18.9. The summed E-state index contributed by atoms with van der Waals surface area (Å²) in [7, 11) is 1.36. The zero-order valence-corrected chi connectivity index (χ0v) is 24.1. The Balaban J connectivity index is 1.60. The molecule has 4 aromatic rings. The highest BCUT2D eigenvalue weighted by atomic mass is 16.6. The predicted molar refractivity (Wildman–Crippen MR) is 160 cm³/mol. The Morgan fingerprint density at radius 1 is 1.00 bits per heavy atom. The van der Waals surface area contributed by atoms with Gasteiger partial charge in [0.2, 0.25) is 0 Å². The minimum Gasteiger partial charge on any atom is -0.489 e. The number of benzene rings is 3. The quantitative estimate of drug-likeness (QED) is 0.194. The maximum Gasteiger partial charge on any atom is 0.410 e. The van der Waals surface area contributed by atoms with Gasteiger partial charge in [-0.05, 0) is 61.9 Å². The highest BCUT2D eigenvalue weighted by Gasteiger charge is 2.23. The molecule has 0 aliphatic heterocycles. The van der Waals surface area contributed by atoms with Gasteiger partial charge in [-0.2, -0.15) is 0 Å². The molecular weight excluding hydrogens is 518 g/mol. The SMILES string of the molecule is COC(=O)c1ccc(C=C(COc2cccc3ccccc23)CN(CCCn2ccnc2)C(=O)OC(C)(C)C)cc1. The smallest absolute Gasteiger partial charge is 0.410 e. The normalized spacial score (nSPS) is 11.8. The number of methoxy groups -OCH3 is 1. The first-order valence-corrected chi connectivity index (χ1v) is 13.6. The van der Waals surface area contributed by atoms with E-state index in [1.165, 1.54) is 7.11 Å². The van der Waals surface area contributed by atoms with Crippen LogP contribution in [0.2, 0.25) is 0 Å². The van der Waals surface area contributed by atoms with Gasteiger partial charge >= 0.3 is 12.1 Å². The highest BCUT2D eigenvalue weighted by Crippen LogP contribution is 2.26. The lowest BCUT2D eigenvalue weighted by atomic mass is 10.1. The Morgan fingerprint density at radius 3 is 2.46 bits per heavy atom. The van der Waals surface area contributed by atoms with E-state index in [9.17, 15) is 9.59 Å². The van der Waals surface area contributed by atoms with E-state index in [2.05, 4.69) is 4.98 Å². The molecule has 0 radical (unpaired) electrons. The van der Waals surface area contributed by atoms with Gasteiger partial charge in [-0.1, -0.05) is 54.6 Å². The first-order valence-electron chi connectivity index (χ1n) is 13.6. The van der Waals surface area contributed by atoms with E-state index in [0.717, 1.165) is 40.6 Å². The number of amides is 1. The van der Waals surface area contributed by atoms with Crippen LogP contribution < -0.4 is 4.74 Å². The monoisotopic (exact) mass is 555 g/mol. The topological polar surface area (TPSA) is 82.9 Å². The van der Waals surface area contributed by atoms with Crippen LogP contribution in [-0.4, -0.2) is 58.9 Å². The second-order valence-electron chi connectivity index (χ2n) is 10.7. The summed E-state index contributed by atoms with van der Waals surface area (Å²) in [5.74, 6) is 0.369. The molecule has 1 amide bonds. The van der Waals surface area contributed by atoms with Gasteiger partial charge in [-0.25, -0.2) is 14.6 Å². The number of rotatable bonds is 11. The molecule has 0 aliphatic carbocycles. The molecule has 0 N–H and O–H groups in total. The van der Waals surface area contributed by atoms with Crippen molar-refractivity contribution in [3.8, 4) is 5.75 Å². The van der Waals surface area contributed by atoms with Crippen LogP contribution in [0.5, 0.6) is 5.75 Å². The lowest BCUT2D eigenvalue weighted by Crippen LogP contribution is -2.39. The summed E-state index contributed by atoms with van der Waals surface area (Å²) in [6.07, 6.45) is 7.72. The van der Waals surface area contributed by atoms with Crippen molar-refractivity contribution in [1.82, 2.24) is 14.5 Å². The molecular formula is C33H37N3O5. The van der Waals surface area contributed by atoms with Crippen molar-refractivity contribution in [2.45, 2.75) is 39.3 Å². The molecule has 0 atom stereocenters. The third-order valence-electron chi connectivity index (χ3n) is 6.31. The van der Waals surface area contributed by atoms with Gasteiger partial charge in [-0.3, -0.25) is 0 Å². The Kier molecular flexibility index (Phi) is 9.79. The summed E-state index contributed by atoms with van der Waals surface area (Å²) >= 11 is 0. The van der Waals surface area contributed by atoms with Crippen molar-refractivity contribution in [3.63, 3.8) is 0 Å². The van der Waals surface area contributed by atoms with Crippen LogP contribution in [0.25, 0.3) is 16.8 Å². The minimum atomic E-state index is -0.632. The number of fused-ring (bicyclic) bond motifs is 1. The molecule has 8 nitrogen and oxygen atoms in total. The van der Waals surface area contributed by atoms with Crippen LogP contribution >= 0.6 is 0 Å². The third kappa shape index (κ3) is 8.70. The number of aryl methyl sites for hydroxylation is 1. The summed E-state index contributed by atoms with van der Waals surface area (Å²) in [4.78, 5) is 31.0. The number of aromatic nitrogens is 2. The van der Waals surface area contributed by atoms with E-state index in [0.29, 0.717) is 18.7 Å². The number of esters is 1. The summed E-state index contributed by atoms with van der Waals surface area (Å²) in [6, 6.07) is 21.2. The van der Waals surface area contributed by atoms with Gasteiger partial charge in [0, 0.05) is 37.4 Å². The molecule has 0 saturated heterocycles. The molecule has 0 aliphatic rings. The van der Waals surface area contributed by atoms with Crippen molar-refractivity contribution < 1.29 is 23.8 Å². The Morgan fingerprint density at radius 2 is 1.76 bits per heavy atom. The number of nitrogens with zero attached hydrogens (tertiary/aromatic N) is 3. The lowest BCUT2D eigenvalue weighted by molar-refractivity contribution is 0.0260. The number of hydrogen-bond acceptors (Lipinski definition) is 6. The molecule has 1 aromatic heterocycles. The van der Waals surface area contributed by atoms with E-state index in [1.54, 1.807) is 29.6 Å². The Labute approximate surface area is 241 Å². The van der Waals surface area contributed by atoms with Gasteiger partial charge in [0.05, 0.1) is 19.0 Å². The fraction of sp³-hybridized carbons (Fsp3) is 0.303. The van der Waals surface area contributed by atoms with E-state index in [1.807, 2.05) is 92.2 Å². The molecule has 3 aromatic carbocycles. The van der Waals surface area contributed by atoms with Crippen LogP contribution in [0.3, 0.4) is 0 Å². The molecule has 0 unspecified atom stereocenters. The molecule has 0 spiro atoms. The van der Waals surface area contributed by atoms with Crippen LogP contribution in [0.1, 0.15) is 43.1 Å². The van der Waals surface area contributed by atoms with Crippen molar-refractivity contribution in [2.24, 2.45) is 0 Å². The second kappa shape index (κ2) is 13.7. The Bertz CT molecular complexity index is 1470. The van der Waals surface area contributed by atoms with Gasteiger partial charge in [0.25, 0.3) is 0 Å². The zero-order chi connectivity index (χ0) is 29.2. The van der Waals surface area contributed by atoms with Gasteiger partial charge in [0.1, 0.15) is 18.0 Å². The third-order valence-corrected chi connectivity index (χ3v) is 6.31. The lowest BCUT2D eigenvalue weighted by Gasteiger charge is -2.28. The first-order chi connectivity index (χ1) is 19.7. The second-order valence-corrected chi connectivity index (χ2v) is 10.7. The number of ether oxygens (including phenoxy) is 3. The van der Waals surface area contributed by atoms with E-state index >= 15 is 0 Å². The van der Waals surface area contributed by atoms with Crippen LogP contribution in [0.4, 0.5) is 4.79 Å². The van der Waals surface area contributed by atoms with E-state index in [-0.39, 0.29) is 12.7 Å². The standard InChI is InChI=1S/C33H37N3O5/c1-33(2,3)41-32(38)36(19-8-18-35-20-17-34-24-35)22-26(21-25-13-15-28(16-14-25)31(37)39-4)23-40-30-12-7-10-27-9-5-6-11-29(27)30/h5-7,9-17,20-21,24H,8,18-19,22-23H2,1-4H3. The number of hydrogen-bond donors (Lipinski definition) is 0. The molecule has 4 rings (SSSR count). The first kappa shape index (κ1) is 29.4. The predicted octanol–water partition coefficient (Wildman–Crippen LogP) is 6.61. The number of carbonyl (C=O) groups is 2. The Hall–Kier alpha value is -4.59. The average molecular weight is 556 g/mol. The maximum atomic E-state index is 13.3. The largest absolute Gasteiger partial charge is 0.489 e. The van der Waals surface area contributed by atoms with Crippen LogP contribution in [0.15, 0.2) is 91.0 Å². The molecule has 214 valence electrons. The molecule has 0 saturated carbocycles. The summed E-state index contributed by atoms with van der Waals surface area (Å²) in [6.45, 7) is 7.35. The van der Waals surface area contributed by atoms with Gasteiger partial charge in [-0.15, -0.1) is 0 Å².